The number of esters is 1. The van der Waals surface area contributed by atoms with Crippen LogP contribution in [0.3, 0.4) is 0 Å². The number of unbranched alkanes of at least 4 members (excludes halogenated alkanes) is 1. The number of hydrogen-bond donors (Lipinski definition) is 3. The molecule has 3 rings (SSSR count). The molecule has 0 aliphatic carbocycles. The Labute approximate surface area is 216 Å². The molecule has 0 amide bonds. The van der Waals surface area contributed by atoms with Crippen LogP contribution >= 0.6 is 7.52 Å². The lowest BCUT2D eigenvalue weighted by Gasteiger charge is -2.23. The topological polar surface area (TPSA) is 156 Å². The number of ether oxygens (including phenoxy) is 2. The zero-order chi connectivity index (χ0) is 26.7. The fraction of sp³-hybridized carbons (Fsp3) is 0.417. The van der Waals surface area contributed by atoms with Crippen molar-refractivity contribution in [2.24, 2.45) is 0 Å². The molecule has 13 heteroatoms. The molecular weight excluding hydrogens is 497 g/mol. The lowest BCUT2D eigenvalue weighted by atomic mass is 10.3. The van der Waals surface area contributed by atoms with Crippen molar-refractivity contribution in [3.05, 3.63) is 49.3 Å². The first-order valence-corrected chi connectivity index (χ1v) is 13.8. The lowest BCUT2D eigenvalue weighted by Crippen LogP contribution is -2.35. The molecule has 200 valence electrons. The van der Waals surface area contributed by atoms with Crippen molar-refractivity contribution >= 4 is 36.4 Å². The van der Waals surface area contributed by atoms with Crippen LogP contribution in [0.2, 0.25) is 0 Å². The number of nitrogens with zero attached hydrogens (tertiary/aromatic N) is 4. The highest BCUT2D eigenvalue weighted by molar-refractivity contribution is 7.57. The molecule has 3 aromatic rings. The number of rotatable bonds is 16. The second-order valence-corrected chi connectivity index (χ2v) is 10.2. The first-order chi connectivity index (χ1) is 17.8. The van der Waals surface area contributed by atoms with Crippen LogP contribution in [-0.4, -0.2) is 57.6 Å². The van der Waals surface area contributed by atoms with Gasteiger partial charge in [0, 0.05) is 13.1 Å². The molecule has 0 radical (unpaired) electrons. The van der Waals surface area contributed by atoms with Gasteiger partial charge in [0.1, 0.15) is 18.1 Å². The first-order valence-electron chi connectivity index (χ1n) is 12.0. The maximum Gasteiger partial charge on any atom is 0.342 e. The predicted molar refractivity (Wildman–Crippen MR) is 142 cm³/mol. The van der Waals surface area contributed by atoms with Crippen molar-refractivity contribution in [3.8, 4) is 5.75 Å². The molecule has 0 fully saturated rings. The number of anilines is 2. The zero-order valence-corrected chi connectivity index (χ0v) is 22.0. The number of carbonyl (C=O) groups excluding carboxylic acids is 1. The standard InChI is InChI=1S/C24H34N7O5P/c1-4-6-14-35-23(32)18(3)30-37(33,36-19-10-8-7-9-11-19)17-34-15-13-31-16-27-20-21(26-12-5-2)28-24(25)29-22(20)31/h5,7-11,16,18H,2,4,6,12-15,17H2,1,3H3,(H,30,33)(H3,25,26,28,29). The molecule has 2 aromatic heterocycles. The average Bonchev–Trinajstić information content (AvgIpc) is 3.28. The van der Waals surface area contributed by atoms with E-state index in [1.807, 2.05) is 13.0 Å². The molecule has 4 N–H and O–H groups in total. The number of benzene rings is 1. The second kappa shape index (κ2) is 13.7. The average molecular weight is 532 g/mol. The van der Waals surface area contributed by atoms with E-state index in [1.165, 1.54) is 0 Å². The maximum absolute atomic E-state index is 13.7. The summed E-state index contributed by atoms with van der Waals surface area (Å²) >= 11 is 0. The second-order valence-electron chi connectivity index (χ2n) is 8.20. The van der Waals surface area contributed by atoms with Gasteiger partial charge in [0.05, 0.1) is 19.5 Å². The summed E-state index contributed by atoms with van der Waals surface area (Å²) in [5.41, 5.74) is 6.96. The number of hydrogen-bond acceptors (Lipinski definition) is 10. The summed E-state index contributed by atoms with van der Waals surface area (Å²) in [4.78, 5) is 25.2. The summed E-state index contributed by atoms with van der Waals surface area (Å²) in [7, 11) is -3.64. The van der Waals surface area contributed by atoms with E-state index < -0.39 is 19.5 Å². The van der Waals surface area contributed by atoms with Gasteiger partial charge in [-0.15, -0.1) is 6.58 Å². The number of para-hydroxylation sites is 1. The Balaban J connectivity index is 1.65. The molecular formula is C24H34N7O5P. The third-order valence-corrected chi connectivity index (χ3v) is 6.92. The minimum absolute atomic E-state index is 0.103. The number of nitrogen functional groups attached to an aromatic ring is 1. The van der Waals surface area contributed by atoms with Crippen LogP contribution < -0.4 is 20.7 Å². The highest BCUT2D eigenvalue weighted by Crippen LogP contribution is 2.43. The van der Waals surface area contributed by atoms with Crippen LogP contribution in [0.1, 0.15) is 26.7 Å². The van der Waals surface area contributed by atoms with Gasteiger partial charge in [0.2, 0.25) is 5.95 Å². The minimum atomic E-state index is -3.64. The van der Waals surface area contributed by atoms with Crippen LogP contribution in [0.4, 0.5) is 11.8 Å². The van der Waals surface area contributed by atoms with E-state index in [-0.39, 0.29) is 18.9 Å². The molecule has 1 aromatic carbocycles. The van der Waals surface area contributed by atoms with E-state index in [0.29, 0.717) is 42.4 Å². The van der Waals surface area contributed by atoms with Crippen molar-refractivity contribution in [2.45, 2.75) is 39.3 Å². The number of nitrogens with one attached hydrogen (secondary N) is 2. The monoisotopic (exact) mass is 531 g/mol. The van der Waals surface area contributed by atoms with E-state index in [0.717, 1.165) is 12.8 Å². The third kappa shape index (κ3) is 8.28. The summed E-state index contributed by atoms with van der Waals surface area (Å²) in [6, 6.07) is 7.85. The molecule has 12 nitrogen and oxygen atoms in total. The van der Waals surface area contributed by atoms with Crippen LogP contribution in [0.15, 0.2) is 49.3 Å². The van der Waals surface area contributed by atoms with Gasteiger partial charge in [-0.3, -0.25) is 9.36 Å². The number of carbonyl (C=O) groups is 1. The number of imidazole rings is 1. The van der Waals surface area contributed by atoms with Gasteiger partial charge in [0.15, 0.2) is 17.0 Å². The highest BCUT2D eigenvalue weighted by Gasteiger charge is 2.31. The van der Waals surface area contributed by atoms with Crippen molar-refractivity contribution < 1.29 is 23.4 Å². The van der Waals surface area contributed by atoms with Gasteiger partial charge < -0.3 is 29.6 Å². The fourth-order valence-electron chi connectivity index (χ4n) is 3.30. The van der Waals surface area contributed by atoms with Gasteiger partial charge in [0.25, 0.3) is 0 Å². The normalized spacial score (nSPS) is 13.6. The Hall–Kier alpha value is -3.47. The van der Waals surface area contributed by atoms with E-state index in [4.69, 9.17) is 19.7 Å². The largest absolute Gasteiger partial charge is 0.465 e. The van der Waals surface area contributed by atoms with Gasteiger partial charge in [-0.1, -0.05) is 37.6 Å². The van der Waals surface area contributed by atoms with Crippen molar-refractivity contribution in [3.63, 3.8) is 0 Å². The van der Waals surface area contributed by atoms with Crippen molar-refractivity contribution in [1.82, 2.24) is 24.6 Å². The quantitative estimate of drug-likeness (QED) is 0.107. The van der Waals surface area contributed by atoms with Gasteiger partial charge in [-0.05, 0) is 25.5 Å². The van der Waals surface area contributed by atoms with Gasteiger partial charge in [-0.25, -0.2) is 10.1 Å². The summed E-state index contributed by atoms with van der Waals surface area (Å²) in [5, 5.41) is 5.88. The van der Waals surface area contributed by atoms with E-state index >= 15 is 0 Å². The van der Waals surface area contributed by atoms with Gasteiger partial charge in [-0.2, -0.15) is 9.97 Å². The van der Waals surface area contributed by atoms with Crippen LogP contribution in [0.25, 0.3) is 11.2 Å². The van der Waals surface area contributed by atoms with Crippen LogP contribution in [0, 0.1) is 0 Å². The van der Waals surface area contributed by atoms with Crippen molar-refractivity contribution in [2.75, 3.05) is 37.2 Å². The molecule has 0 aliphatic heterocycles. The molecule has 2 atom stereocenters. The zero-order valence-electron chi connectivity index (χ0n) is 21.1. The summed E-state index contributed by atoms with van der Waals surface area (Å²) in [6.45, 7) is 8.59. The van der Waals surface area contributed by atoms with E-state index in [9.17, 15) is 9.36 Å². The molecule has 0 bridgehead atoms. The predicted octanol–water partition coefficient (Wildman–Crippen LogP) is 3.57. The molecule has 0 saturated carbocycles. The SMILES string of the molecule is C=CCNc1nc(N)nc2c1ncn2CCOCP(=O)(NC(C)C(=O)OCCCC)Oc1ccccc1. The molecule has 2 heterocycles. The lowest BCUT2D eigenvalue weighted by molar-refractivity contribution is -0.145. The first kappa shape index (κ1) is 28.1. The Kier molecular flexibility index (Phi) is 10.4. The minimum Gasteiger partial charge on any atom is -0.465 e. The van der Waals surface area contributed by atoms with Crippen molar-refractivity contribution in [1.29, 1.82) is 0 Å². The highest BCUT2D eigenvalue weighted by atomic mass is 31.2. The molecule has 0 saturated heterocycles. The van der Waals surface area contributed by atoms with E-state index in [1.54, 1.807) is 48.2 Å². The summed E-state index contributed by atoms with van der Waals surface area (Å²) in [5.74, 6) is 0.493. The smallest absolute Gasteiger partial charge is 0.342 e. The molecule has 0 aliphatic rings. The fourth-order valence-corrected chi connectivity index (χ4v) is 5.00. The molecule has 37 heavy (non-hydrogen) atoms. The summed E-state index contributed by atoms with van der Waals surface area (Å²) < 4.78 is 32.2. The molecule has 2 unspecified atom stereocenters. The van der Waals surface area contributed by atoms with E-state index in [2.05, 4.69) is 31.9 Å². The maximum atomic E-state index is 13.7. The summed E-state index contributed by atoms with van der Waals surface area (Å²) in [6.07, 6.45) is 4.68. The van der Waals surface area contributed by atoms with Crippen LogP contribution in [-0.2, 0) is 25.4 Å². The number of aromatic nitrogens is 4. The Morgan fingerprint density at radius 1 is 1.27 bits per heavy atom. The number of fused-ring (bicyclic) bond motifs is 1. The Bertz CT molecular complexity index is 1220. The number of nitrogens with two attached hydrogens (primary N) is 1. The van der Waals surface area contributed by atoms with Gasteiger partial charge >= 0.3 is 13.5 Å². The third-order valence-electron chi connectivity index (χ3n) is 5.11. The van der Waals surface area contributed by atoms with Crippen LogP contribution in [0.5, 0.6) is 5.75 Å². The molecule has 0 spiro atoms. The Morgan fingerprint density at radius 2 is 2.05 bits per heavy atom. The Morgan fingerprint density at radius 3 is 2.78 bits per heavy atom.